The molecule has 0 aliphatic carbocycles. The van der Waals surface area contributed by atoms with E-state index in [1.165, 1.54) is 21.7 Å². The van der Waals surface area contributed by atoms with E-state index < -0.39 is 63.4 Å². The third kappa shape index (κ3) is 8.83. The zero-order valence-corrected chi connectivity index (χ0v) is 26.5. The van der Waals surface area contributed by atoms with Crippen LogP contribution in [-0.2, 0) is 32.4 Å². The van der Waals surface area contributed by atoms with Gasteiger partial charge < -0.3 is 14.9 Å². The fourth-order valence-electron chi connectivity index (χ4n) is 5.08. The van der Waals surface area contributed by atoms with E-state index in [2.05, 4.69) is 20.0 Å². The van der Waals surface area contributed by atoms with Gasteiger partial charge in [0.05, 0.1) is 27.9 Å². The predicted molar refractivity (Wildman–Crippen MR) is 154 cm³/mol. The van der Waals surface area contributed by atoms with Gasteiger partial charge in [0.25, 0.3) is 5.91 Å². The number of nitrogens with two attached hydrogens (primary N) is 1. The molecule has 2 heterocycles. The molecule has 0 radical (unpaired) electrons. The zero-order valence-electron chi connectivity index (χ0n) is 25.0. The van der Waals surface area contributed by atoms with E-state index in [4.69, 9.17) is 17.5 Å². The van der Waals surface area contributed by atoms with Crippen molar-refractivity contribution in [3.8, 4) is 17.0 Å². The van der Waals surface area contributed by atoms with E-state index in [0.717, 1.165) is 26.2 Å². The van der Waals surface area contributed by atoms with Crippen LogP contribution in [0.1, 0.15) is 49.7 Å². The van der Waals surface area contributed by atoms with Crippen LogP contribution in [0.4, 0.5) is 22.0 Å². The number of carbonyl (C=O) groups excluding carboxylic acids is 2. The molecular weight excluding hydrogens is 653 g/mol. The van der Waals surface area contributed by atoms with Gasteiger partial charge >= 0.3 is 18.8 Å². The first kappa shape index (κ1) is 36.4. The summed E-state index contributed by atoms with van der Waals surface area (Å²) in [5.74, 6) is 2.95. The lowest BCUT2D eigenvalue weighted by Crippen LogP contribution is -2.53. The topological polar surface area (TPSA) is 146 Å². The van der Waals surface area contributed by atoms with Crippen molar-refractivity contribution in [1.82, 2.24) is 20.0 Å². The molecule has 1 aliphatic heterocycles. The first-order chi connectivity index (χ1) is 20.8. The summed E-state index contributed by atoms with van der Waals surface area (Å²) in [7, 11) is -3.42. The molecule has 1 fully saturated rings. The maximum Gasteiger partial charge on any atom is 0.394 e. The summed E-state index contributed by atoms with van der Waals surface area (Å²) in [6.07, 6.45) is -3.38. The van der Waals surface area contributed by atoms with Crippen molar-refractivity contribution in [2.24, 2.45) is 11.3 Å². The Kier molecular flexibility index (Phi) is 11.5. The molecule has 0 saturated carbocycles. The van der Waals surface area contributed by atoms with Gasteiger partial charge in [0.2, 0.25) is 0 Å². The van der Waals surface area contributed by atoms with Gasteiger partial charge in [-0.25, -0.2) is 13.2 Å². The number of nitrogens with one attached hydrogen (secondary N) is 1. The highest BCUT2D eigenvalue weighted by Crippen LogP contribution is 2.43. The molecule has 252 valence electrons. The number of hydrogen-bond acceptors (Lipinski definition) is 9. The second-order valence-corrected chi connectivity index (χ2v) is 14.1. The molecule has 1 aliphatic rings. The summed E-state index contributed by atoms with van der Waals surface area (Å²) in [5, 5.41) is 5.94. The molecule has 0 bridgehead atoms. The maximum atomic E-state index is 13.5. The highest BCUT2D eigenvalue weighted by molar-refractivity contribution is 7.91. The first-order valence-corrected chi connectivity index (χ1v) is 16.1. The Bertz CT molecular complexity index is 1500. The lowest BCUT2D eigenvalue weighted by molar-refractivity contribution is -0.211. The number of ether oxygens (including phenoxy) is 1. The number of aryl methyl sites for hydroxylation is 1. The lowest BCUT2D eigenvalue weighted by Gasteiger charge is -2.38. The van der Waals surface area contributed by atoms with Gasteiger partial charge in [0, 0.05) is 37.5 Å². The second kappa shape index (κ2) is 14.2. The summed E-state index contributed by atoms with van der Waals surface area (Å²) < 4.78 is 97.4. The Hall–Kier alpha value is -3.02. The van der Waals surface area contributed by atoms with E-state index in [1.54, 1.807) is 6.92 Å². The van der Waals surface area contributed by atoms with Gasteiger partial charge in [0.1, 0.15) is 5.75 Å². The number of halogens is 6. The van der Waals surface area contributed by atoms with Crippen LogP contribution >= 0.6 is 11.6 Å². The van der Waals surface area contributed by atoms with Crippen LogP contribution in [0.3, 0.4) is 0 Å². The number of piperidine rings is 1. The SMILES string of the molecule is CCn1nc(C(=O)NC[C@@H]2CC[C@@H](S(C)(=O)=O)CN2CC(=O)ON)c(Cl)c1-c1ccc(CC(C)(C)C(F)(F)F)cc1OC(F)F. The third-order valence-corrected chi connectivity index (χ3v) is 9.64. The van der Waals surface area contributed by atoms with Gasteiger partial charge in [-0.2, -0.15) is 32.9 Å². The van der Waals surface area contributed by atoms with Crippen molar-refractivity contribution < 1.29 is 49.5 Å². The monoisotopic (exact) mass is 687 g/mol. The fourth-order valence-corrected chi connectivity index (χ4v) is 6.43. The molecular formula is C27H35ClF5N5O6S. The van der Waals surface area contributed by atoms with Crippen LogP contribution < -0.4 is 16.0 Å². The first-order valence-electron chi connectivity index (χ1n) is 13.8. The molecule has 11 nitrogen and oxygen atoms in total. The molecule has 1 aromatic heterocycles. The number of aromatic nitrogens is 2. The summed E-state index contributed by atoms with van der Waals surface area (Å²) in [4.78, 5) is 30.9. The number of rotatable bonds is 12. The Balaban J connectivity index is 1.90. The van der Waals surface area contributed by atoms with E-state index in [1.807, 2.05) is 0 Å². The molecule has 45 heavy (non-hydrogen) atoms. The van der Waals surface area contributed by atoms with Crippen molar-refractivity contribution in [3.63, 3.8) is 0 Å². The summed E-state index contributed by atoms with van der Waals surface area (Å²) in [6.45, 7) is 0.0915. The zero-order chi connectivity index (χ0) is 33.9. The molecule has 3 N–H and O–H groups in total. The summed E-state index contributed by atoms with van der Waals surface area (Å²) >= 11 is 6.57. The molecule has 2 aromatic rings. The normalized spacial score (nSPS) is 18.2. The summed E-state index contributed by atoms with van der Waals surface area (Å²) in [6, 6.07) is 3.21. The minimum absolute atomic E-state index is 0.00684. The quantitative estimate of drug-likeness (QED) is 0.250. The Morgan fingerprint density at radius 2 is 1.89 bits per heavy atom. The Morgan fingerprint density at radius 3 is 2.44 bits per heavy atom. The minimum Gasteiger partial charge on any atom is -0.434 e. The van der Waals surface area contributed by atoms with Gasteiger partial charge in [-0.15, -0.1) is 0 Å². The lowest BCUT2D eigenvalue weighted by atomic mass is 9.84. The average molecular weight is 688 g/mol. The number of carbonyl (C=O) groups is 2. The molecule has 18 heteroatoms. The number of likely N-dealkylation sites (tertiary alicyclic amines) is 1. The number of hydrogen-bond donors (Lipinski definition) is 2. The minimum atomic E-state index is -4.56. The molecule has 1 saturated heterocycles. The van der Waals surface area contributed by atoms with Crippen molar-refractivity contribution in [2.45, 2.75) is 70.7 Å². The highest BCUT2D eigenvalue weighted by atomic mass is 35.5. The van der Waals surface area contributed by atoms with Crippen LogP contribution in [0.25, 0.3) is 11.3 Å². The number of nitrogens with zero attached hydrogens (tertiary/aromatic N) is 3. The number of sulfone groups is 1. The van der Waals surface area contributed by atoms with Crippen molar-refractivity contribution in [1.29, 1.82) is 0 Å². The highest BCUT2D eigenvalue weighted by Gasteiger charge is 2.47. The predicted octanol–water partition coefficient (Wildman–Crippen LogP) is 3.98. The standard InChI is InChI=1S/C27H35ClF5N5O6S/c1-5-38-23(18-9-6-15(10-19(18)43-25(29)30)11-26(2,3)27(31,32)33)21(28)22(36-38)24(40)35-12-16-7-8-17(45(4,41)42)13-37(16)14-20(39)44-34/h6,9-10,16-17,25H,5,7-8,11-14,34H2,1-4H3,(H,35,40)/t16-,17+/m0/s1. The molecule has 0 unspecified atom stereocenters. The van der Waals surface area contributed by atoms with Gasteiger partial charge in [-0.05, 0) is 43.9 Å². The molecule has 1 aromatic carbocycles. The van der Waals surface area contributed by atoms with Crippen LogP contribution in [0, 0.1) is 5.41 Å². The van der Waals surface area contributed by atoms with Crippen LogP contribution in [0.2, 0.25) is 5.02 Å². The number of benzene rings is 1. The van der Waals surface area contributed by atoms with Crippen LogP contribution in [0.15, 0.2) is 18.2 Å². The van der Waals surface area contributed by atoms with Crippen molar-refractivity contribution in [3.05, 3.63) is 34.5 Å². The molecule has 0 spiro atoms. The Labute approximate surface area is 262 Å². The molecule has 3 rings (SSSR count). The van der Waals surface area contributed by atoms with Crippen molar-refractivity contribution >= 4 is 33.3 Å². The van der Waals surface area contributed by atoms with Gasteiger partial charge in [0.15, 0.2) is 15.5 Å². The maximum absolute atomic E-state index is 13.5. The van der Waals surface area contributed by atoms with Crippen molar-refractivity contribution in [2.75, 3.05) is 25.9 Å². The van der Waals surface area contributed by atoms with E-state index in [9.17, 15) is 40.0 Å². The smallest absolute Gasteiger partial charge is 0.394 e. The van der Waals surface area contributed by atoms with Gasteiger partial charge in [-0.1, -0.05) is 31.5 Å². The fraction of sp³-hybridized carbons (Fsp3) is 0.593. The second-order valence-electron chi connectivity index (χ2n) is 11.4. The van der Waals surface area contributed by atoms with Crippen LogP contribution in [-0.4, -0.2) is 84.9 Å². The largest absolute Gasteiger partial charge is 0.434 e. The number of alkyl halides is 5. The average Bonchev–Trinajstić information content (AvgIpc) is 3.26. The van der Waals surface area contributed by atoms with E-state index in [0.29, 0.717) is 6.42 Å². The number of amides is 1. The Morgan fingerprint density at radius 1 is 1.22 bits per heavy atom. The molecule has 1 amide bonds. The van der Waals surface area contributed by atoms with Gasteiger partial charge in [-0.3, -0.25) is 14.4 Å². The van der Waals surface area contributed by atoms with Crippen LogP contribution in [0.5, 0.6) is 5.75 Å². The molecule has 2 atom stereocenters. The van der Waals surface area contributed by atoms with E-state index >= 15 is 0 Å². The van der Waals surface area contributed by atoms with E-state index in [-0.39, 0.29) is 60.1 Å². The summed E-state index contributed by atoms with van der Waals surface area (Å²) in [5.41, 5.74) is -2.33. The third-order valence-electron chi connectivity index (χ3n) is 7.68.